The molecule has 0 aromatic rings. The second-order valence-electron chi connectivity index (χ2n) is 5.04. The predicted octanol–water partition coefficient (Wildman–Crippen LogP) is 1.12. The first-order chi connectivity index (χ1) is 6.66. The number of carbonyl (C=O) groups excluding carboxylic acids is 1. The molecule has 2 N–H and O–H groups in total. The minimum absolute atomic E-state index is 0. The Bertz CT molecular complexity index is 232. The summed E-state index contributed by atoms with van der Waals surface area (Å²) in [5, 5.41) is 6.49. The summed E-state index contributed by atoms with van der Waals surface area (Å²) in [6, 6.07) is 0.455. The standard InChI is InChI=1S/C11H20N2O.2H2S/c1-7(2)5-9-11(14)13-10(6-12-9)8-3-4-8;;/h7-10,12H,3-6H2,1-2H3,(H,13,14);2*1H2/t9-,10+;;/m0../s1. The fourth-order valence-electron chi connectivity index (χ4n) is 2.14. The summed E-state index contributed by atoms with van der Waals surface area (Å²) < 4.78 is 0. The first-order valence-corrected chi connectivity index (χ1v) is 5.70. The maximum atomic E-state index is 11.7. The molecule has 2 aliphatic rings. The van der Waals surface area contributed by atoms with Crippen molar-refractivity contribution in [1.82, 2.24) is 10.6 Å². The zero-order valence-electron chi connectivity index (χ0n) is 10.0. The molecule has 1 heterocycles. The smallest absolute Gasteiger partial charge is 0.237 e. The van der Waals surface area contributed by atoms with Gasteiger partial charge >= 0.3 is 0 Å². The maximum absolute atomic E-state index is 11.7. The van der Waals surface area contributed by atoms with Crippen LogP contribution in [-0.4, -0.2) is 24.5 Å². The van der Waals surface area contributed by atoms with Crippen LogP contribution in [0.1, 0.15) is 33.1 Å². The van der Waals surface area contributed by atoms with E-state index in [0.29, 0.717) is 12.0 Å². The summed E-state index contributed by atoms with van der Waals surface area (Å²) in [7, 11) is 0. The van der Waals surface area contributed by atoms with Crippen molar-refractivity contribution in [2.75, 3.05) is 6.54 Å². The fourth-order valence-corrected chi connectivity index (χ4v) is 2.14. The van der Waals surface area contributed by atoms with E-state index in [-0.39, 0.29) is 38.9 Å². The molecule has 0 aromatic heterocycles. The summed E-state index contributed by atoms with van der Waals surface area (Å²) in [5.74, 6) is 1.55. The van der Waals surface area contributed by atoms with E-state index in [1.165, 1.54) is 12.8 Å². The third-order valence-corrected chi connectivity index (χ3v) is 3.13. The van der Waals surface area contributed by atoms with Gasteiger partial charge in [-0.3, -0.25) is 4.79 Å². The number of nitrogens with one attached hydrogen (secondary N) is 2. The summed E-state index contributed by atoms with van der Waals surface area (Å²) in [4.78, 5) is 11.7. The Labute approximate surface area is 112 Å². The quantitative estimate of drug-likeness (QED) is 0.802. The molecule has 16 heavy (non-hydrogen) atoms. The average molecular weight is 264 g/mol. The van der Waals surface area contributed by atoms with Gasteiger partial charge < -0.3 is 10.6 Å². The van der Waals surface area contributed by atoms with Crippen LogP contribution in [0.15, 0.2) is 0 Å². The average Bonchev–Trinajstić information content (AvgIpc) is 2.90. The van der Waals surface area contributed by atoms with Gasteiger partial charge in [-0.05, 0) is 31.1 Å². The molecule has 1 saturated carbocycles. The number of piperazine rings is 1. The Balaban J connectivity index is 0.00000112. The van der Waals surface area contributed by atoms with Crippen LogP contribution in [0.4, 0.5) is 0 Å². The van der Waals surface area contributed by atoms with Crippen molar-refractivity contribution < 1.29 is 4.79 Å². The minimum Gasteiger partial charge on any atom is -0.350 e. The van der Waals surface area contributed by atoms with E-state index in [9.17, 15) is 4.79 Å². The van der Waals surface area contributed by atoms with Crippen LogP contribution >= 0.6 is 27.0 Å². The molecule has 2 fully saturated rings. The molecular weight excluding hydrogens is 240 g/mol. The largest absolute Gasteiger partial charge is 0.350 e. The van der Waals surface area contributed by atoms with Crippen LogP contribution in [-0.2, 0) is 4.79 Å². The lowest BCUT2D eigenvalue weighted by atomic mass is 9.99. The maximum Gasteiger partial charge on any atom is 0.237 e. The molecule has 1 aliphatic carbocycles. The van der Waals surface area contributed by atoms with Gasteiger partial charge in [-0.15, -0.1) is 0 Å². The van der Waals surface area contributed by atoms with Gasteiger partial charge in [0.1, 0.15) is 0 Å². The van der Waals surface area contributed by atoms with Crippen LogP contribution in [0.5, 0.6) is 0 Å². The van der Waals surface area contributed by atoms with Gasteiger partial charge in [0.15, 0.2) is 0 Å². The summed E-state index contributed by atoms with van der Waals surface area (Å²) in [5.41, 5.74) is 0. The third kappa shape index (κ3) is 4.18. The zero-order chi connectivity index (χ0) is 10.1. The Morgan fingerprint density at radius 3 is 2.38 bits per heavy atom. The van der Waals surface area contributed by atoms with E-state index >= 15 is 0 Å². The lowest BCUT2D eigenvalue weighted by molar-refractivity contribution is -0.126. The fraction of sp³-hybridized carbons (Fsp3) is 0.909. The Morgan fingerprint density at radius 2 is 1.94 bits per heavy atom. The van der Waals surface area contributed by atoms with E-state index in [0.717, 1.165) is 18.9 Å². The van der Waals surface area contributed by atoms with Gasteiger partial charge in [0.25, 0.3) is 0 Å². The number of rotatable bonds is 3. The topological polar surface area (TPSA) is 41.1 Å². The van der Waals surface area contributed by atoms with E-state index in [1.54, 1.807) is 0 Å². The molecule has 2 rings (SSSR count). The monoisotopic (exact) mass is 264 g/mol. The van der Waals surface area contributed by atoms with Crippen LogP contribution < -0.4 is 10.6 Å². The van der Waals surface area contributed by atoms with Gasteiger partial charge in [0.05, 0.1) is 6.04 Å². The molecule has 0 unspecified atom stereocenters. The van der Waals surface area contributed by atoms with Crippen molar-refractivity contribution in [2.24, 2.45) is 11.8 Å². The summed E-state index contributed by atoms with van der Waals surface area (Å²) in [6.45, 7) is 5.28. The van der Waals surface area contributed by atoms with Crippen LogP contribution in [0.2, 0.25) is 0 Å². The first kappa shape index (κ1) is 16.1. The van der Waals surface area contributed by atoms with E-state index < -0.39 is 0 Å². The molecule has 0 spiro atoms. The molecule has 2 atom stereocenters. The van der Waals surface area contributed by atoms with Crippen molar-refractivity contribution in [2.45, 2.75) is 45.2 Å². The summed E-state index contributed by atoms with van der Waals surface area (Å²) >= 11 is 0. The molecule has 96 valence electrons. The predicted molar refractivity (Wildman–Crippen MR) is 76.7 cm³/mol. The van der Waals surface area contributed by atoms with Crippen molar-refractivity contribution >= 4 is 32.9 Å². The van der Waals surface area contributed by atoms with Crippen LogP contribution in [0.3, 0.4) is 0 Å². The number of carbonyl (C=O) groups is 1. The van der Waals surface area contributed by atoms with Gasteiger partial charge in [-0.2, -0.15) is 27.0 Å². The van der Waals surface area contributed by atoms with Crippen LogP contribution in [0.25, 0.3) is 0 Å². The number of amides is 1. The Kier molecular flexibility index (Phi) is 6.82. The van der Waals surface area contributed by atoms with Crippen molar-refractivity contribution in [3.63, 3.8) is 0 Å². The molecular formula is C11H24N2OS2. The molecule has 5 heteroatoms. The van der Waals surface area contributed by atoms with Crippen LogP contribution in [0, 0.1) is 11.8 Å². The van der Waals surface area contributed by atoms with E-state index in [1.807, 2.05) is 0 Å². The first-order valence-electron chi connectivity index (χ1n) is 5.70. The highest BCUT2D eigenvalue weighted by Gasteiger charge is 2.36. The summed E-state index contributed by atoms with van der Waals surface area (Å²) in [6.07, 6.45) is 3.53. The molecule has 1 aliphatic heterocycles. The highest BCUT2D eigenvalue weighted by Crippen LogP contribution is 2.33. The van der Waals surface area contributed by atoms with E-state index in [4.69, 9.17) is 0 Å². The number of hydrogen-bond acceptors (Lipinski definition) is 2. The van der Waals surface area contributed by atoms with Gasteiger partial charge in [-0.25, -0.2) is 0 Å². The second-order valence-corrected chi connectivity index (χ2v) is 5.04. The minimum atomic E-state index is 0. The SMILES string of the molecule is CC(C)C[C@@H]1NC[C@H](C2CC2)NC1=O.S.S. The molecule has 1 amide bonds. The lowest BCUT2D eigenvalue weighted by Gasteiger charge is -2.31. The van der Waals surface area contributed by atoms with Crippen molar-refractivity contribution in [3.05, 3.63) is 0 Å². The molecule has 3 nitrogen and oxygen atoms in total. The molecule has 0 radical (unpaired) electrons. The van der Waals surface area contributed by atoms with E-state index in [2.05, 4.69) is 24.5 Å². The van der Waals surface area contributed by atoms with Gasteiger partial charge in [-0.1, -0.05) is 13.8 Å². The highest BCUT2D eigenvalue weighted by molar-refractivity contribution is 7.59. The molecule has 1 saturated heterocycles. The second kappa shape index (κ2) is 6.77. The number of hydrogen-bond donors (Lipinski definition) is 2. The van der Waals surface area contributed by atoms with Crippen molar-refractivity contribution in [3.8, 4) is 0 Å². The lowest BCUT2D eigenvalue weighted by Crippen LogP contribution is -2.59. The van der Waals surface area contributed by atoms with Crippen molar-refractivity contribution in [1.29, 1.82) is 0 Å². The normalized spacial score (nSPS) is 29.1. The molecule has 0 bridgehead atoms. The van der Waals surface area contributed by atoms with Gasteiger partial charge in [0.2, 0.25) is 5.91 Å². The highest BCUT2D eigenvalue weighted by atomic mass is 32.1. The zero-order valence-corrected chi connectivity index (χ0v) is 12.0. The Hall–Kier alpha value is 0.130. The molecule has 0 aromatic carbocycles. The Morgan fingerprint density at radius 1 is 1.31 bits per heavy atom. The third-order valence-electron chi connectivity index (χ3n) is 3.13. The van der Waals surface area contributed by atoms with Gasteiger partial charge in [0, 0.05) is 12.6 Å².